The van der Waals surface area contributed by atoms with E-state index in [0.717, 1.165) is 33.6 Å². The van der Waals surface area contributed by atoms with E-state index in [-0.39, 0.29) is 11.4 Å². The van der Waals surface area contributed by atoms with E-state index in [9.17, 15) is 9.90 Å². The summed E-state index contributed by atoms with van der Waals surface area (Å²) in [5, 5.41) is 10.3. The van der Waals surface area contributed by atoms with Crippen molar-refractivity contribution in [2.45, 2.75) is 0 Å². The van der Waals surface area contributed by atoms with Gasteiger partial charge in [0.25, 0.3) is 0 Å². The molecule has 0 atom stereocenters. The van der Waals surface area contributed by atoms with Crippen LogP contribution in [-0.4, -0.2) is 50.4 Å². The lowest BCUT2D eigenvalue weighted by Gasteiger charge is -2.30. The fraction of sp³-hybridized carbons (Fsp3) is 0.167. The average Bonchev–Trinajstić information content (AvgIpc) is 2.94. The minimum atomic E-state index is -0.384. The van der Waals surface area contributed by atoms with Gasteiger partial charge >= 0.3 is 5.63 Å². The van der Waals surface area contributed by atoms with Gasteiger partial charge in [0.05, 0.1) is 35.9 Å². The molecule has 37 heavy (non-hydrogen) atoms. The molecule has 186 valence electrons. The molecule has 0 saturated carbocycles. The molecule has 1 fully saturated rings. The molecular formula is C30H27N3O4. The number of morpholine rings is 1. The number of benzene rings is 3. The highest BCUT2D eigenvalue weighted by molar-refractivity contribution is 6.11. The zero-order chi connectivity index (χ0) is 25.6. The molecule has 0 aliphatic carbocycles. The number of nitrogens with zero attached hydrogens (tertiary/aromatic N) is 3. The highest BCUT2D eigenvalue weighted by atomic mass is 16.5. The molecule has 7 nitrogen and oxygen atoms in total. The van der Waals surface area contributed by atoms with Gasteiger partial charge in [0.15, 0.2) is 0 Å². The lowest BCUT2D eigenvalue weighted by atomic mass is 10.1. The predicted molar refractivity (Wildman–Crippen MR) is 149 cm³/mol. The standard InChI is InChI=1S/C30H27N3O4/c1-31-27(22-8-10-23(11-9-22)32-20-21-6-12-24(34)13-7-21)15-14-26-29(33-16-18-36-19-17-33)25-4-2-3-5-28(25)37-30(26)35/h2-15,20,34H,16-19H2,1H3/b15-14+,31-27?,32-20?. The van der Waals surface area contributed by atoms with Crippen LogP contribution in [0.25, 0.3) is 17.0 Å². The largest absolute Gasteiger partial charge is 0.508 e. The summed E-state index contributed by atoms with van der Waals surface area (Å²) in [5.41, 5.74) is 4.87. The lowest BCUT2D eigenvalue weighted by molar-refractivity contribution is 0.123. The molecule has 1 aliphatic rings. The van der Waals surface area contributed by atoms with Gasteiger partial charge in [0, 0.05) is 31.7 Å². The summed E-state index contributed by atoms with van der Waals surface area (Å²) in [4.78, 5) is 24.2. The molecule has 0 unspecified atom stereocenters. The van der Waals surface area contributed by atoms with Crippen LogP contribution in [0.3, 0.4) is 0 Å². The number of para-hydroxylation sites is 1. The van der Waals surface area contributed by atoms with E-state index in [0.29, 0.717) is 37.4 Å². The number of aliphatic imine (C=N–C) groups is 2. The van der Waals surface area contributed by atoms with E-state index in [1.807, 2.05) is 54.6 Å². The average molecular weight is 494 g/mol. The summed E-state index contributed by atoms with van der Waals surface area (Å²) in [7, 11) is 1.72. The van der Waals surface area contributed by atoms with Crippen LogP contribution in [0.1, 0.15) is 16.7 Å². The van der Waals surface area contributed by atoms with E-state index >= 15 is 0 Å². The first kappa shape index (κ1) is 24.2. The van der Waals surface area contributed by atoms with E-state index in [1.54, 1.807) is 43.6 Å². The summed E-state index contributed by atoms with van der Waals surface area (Å²) < 4.78 is 11.2. The Balaban J connectivity index is 1.43. The predicted octanol–water partition coefficient (Wildman–Crippen LogP) is 5.22. The van der Waals surface area contributed by atoms with E-state index in [1.165, 1.54) is 0 Å². The minimum absolute atomic E-state index is 0.222. The number of hydrogen-bond acceptors (Lipinski definition) is 7. The second kappa shape index (κ2) is 11.1. The van der Waals surface area contributed by atoms with E-state index in [4.69, 9.17) is 9.15 Å². The maximum Gasteiger partial charge on any atom is 0.345 e. The third-order valence-corrected chi connectivity index (χ3v) is 6.21. The fourth-order valence-corrected chi connectivity index (χ4v) is 4.31. The van der Waals surface area contributed by atoms with Gasteiger partial charge in [-0.2, -0.15) is 0 Å². The molecule has 0 spiro atoms. The number of phenols is 1. The van der Waals surface area contributed by atoms with Crippen molar-refractivity contribution in [3.63, 3.8) is 0 Å². The molecule has 0 bridgehead atoms. The van der Waals surface area contributed by atoms with Crippen LogP contribution in [0.2, 0.25) is 0 Å². The number of fused-ring (bicyclic) bond motifs is 1. The number of aromatic hydroxyl groups is 1. The quantitative estimate of drug-likeness (QED) is 0.294. The van der Waals surface area contributed by atoms with Crippen LogP contribution in [0.4, 0.5) is 11.4 Å². The second-order valence-corrected chi connectivity index (χ2v) is 8.59. The number of ether oxygens (including phenoxy) is 1. The Morgan fingerprint density at radius 3 is 2.43 bits per heavy atom. The Hall–Kier alpha value is -4.49. The SMILES string of the molecule is CN=C(/C=C/c1c(N2CCOCC2)c2ccccc2oc1=O)c1ccc(N=Cc2ccc(O)cc2)cc1. The van der Waals surface area contributed by atoms with Crippen LogP contribution in [0, 0.1) is 0 Å². The van der Waals surface area contributed by atoms with Crippen LogP contribution < -0.4 is 10.5 Å². The zero-order valence-electron chi connectivity index (χ0n) is 20.5. The van der Waals surface area contributed by atoms with Gasteiger partial charge in [0.2, 0.25) is 0 Å². The molecule has 0 amide bonds. The first-order valence-corrected chi connectivity index (χ1v) is 12.1. The number of allylic oxidation sites excluding steroid dienone is 1. The number of phenolic OH excluding ortho intramolecular Hbond substituents is 1. The number of rotatable bonds is 6. The van der Waals surface area contributed by atoms with Crippen molar-refractivity contribution in [2.24, 2.45) is 9.98 Å². The van der Waals surface area contributed by atoms with Crippen molar-refractivity contribution >= 4 is 40.3 Å². The molecule has 5 rings (SSSR count). The van der Waals surface area contributed by atoms with Crippen LogP contribution in [0.15, 0.2) is 98.1 Å². The summed E-state index contributed by atoms with van der Waals surface area (Å²) in [6.45, 7) is 2.63. The van der Waals surface area contributed by atoms with Crippen molar-refractivity contribution in [3.05, 3.63) is 106 Å². The summed E-state index contributed by atoms with van der Waals surface area (Å²) >= 11 is 0. The van der Waals surface area contributed by atoms with Crippen molar-refractivity contribution in [1.29, 1.82) is 0 Å². The highest BCUT2D eigenvalue weighted by Crippen LogP contribution is 2.30. The van der Waals surface area contributed by atoms with E-state index < -0.39 is 0 Å². The van der Waals surface area contributed by atoms with Crippen LogP contribution in [0.5, 0.6) is 5.75 Å². The van der Waals surface area contributed by atoms with Gasteiger partial charge in [-0.15, -0.1) is 0 Å². The molecule has 7 heteroatoms. The van der Waals surface area contributed by atoms with Gasteiger partial charge in [-0.05, 0) is 71.8 Å². The first-order chi connectivity index (χ1) is 18.1. The van der Waals surface area contributed by atoms with Crippen molar-refractivity contribution < 1.29 is 14.3 Å². The topological polar surface area (TPSA) is 87.6 Å². The number of hydrogen-bond donors (Lipinski definition) is 1. The van der Waals surface area contributed by atoms with Gasteiger partial charge in [-0.25, -0.2) is 4.79 Å². The molecule has 1 aliphatic heterocycles. The van der Waals surface area contributed by atoms with Gasteiger partial charge in [-0.1, -0.05) is 24.3 Å². The molecule has 2 heterocycles. The normalized spacial score (nSPS) is 14.7. The smallest absolute Gasteiger partial charge is 0.345 e. The van der Waals surface area contributed by atoms with Gasteiger partial charge < -0.3 is 19.2 Å². The minimum Gasteiger partial charge on any atom is -0.508 e. The maximum absolute atomic E-state index is 13.0. The lowest BCUT2D eigenvalue weighted by Crippen LogP contribution is -2.37. The zero-order valence-corrected chi connectivity index (χ0v) is 20.5. The second-order valence-electron chi connectivity index (χ2n) is 8.59. The van der Waals surface area contributed by atoms with Crippen molar-refractivity contribution in [1.82, 2.24) is 0 Å². The first-order valence-electron chi connectivity index (χ1n) is 12.1. The molecule has 1 N–H and O–H groups in total. The van der Waals surface area contributed by atoms with E-state index in [2.05, 4.69) is 14.9 Å². The Labute approximate surface area is 214 Å². The Morgan fingerprint density at radius 1 is 0.973 bits per heavy atom. The summed E-state index contributed by atoms with van der Waals surface area (Å²) in [6.07, 6.45) is 5.39. The summed E-state index contributed by atoms with van der Waals surface area (Å²) in [6, 6.07) is 22.2. The third kappa shape index (κ3) is 5.52. The van der Waals surface area contributed by atoms with Gasteiger partial charge in [0.1, 0.15) is 11.3 Å². The highest BCUT2D eigenvalue weighted by Gasteiger charge is 2.20. The molecule has 4 aromatic rings. The third-order valence-electron chi connectivity index (χ3n) is 6.21. The Kier molecular flexibility index (Phi) is 7.23. The fourth-order valence-electron chi connectivity index (χ4n) is 4.31. The van der Waals surface area contributed by atoms with Gasteiger partial charge in [-0.3, -0.25) is 9.98 Å². The van der Waals surface area contributed by atoms with Crippen LogP contribution >= 0.6 is 0 Å². The Morgan fingerprint density at radius 2 is 1.70 bits per heavy atom. The van der Waals surface area contributed by atoms with Crippen molar-refractivity contribution in [3.8, 4) is 5.75 Å². The molecule has 1 saturated heterocycles. The summed E-state index contributed by atoms with van der Waals surface area (Å²) in [5.74, 6) is 0.222. The monoisotopic (exact) mass is 493 g/mol. The maximum atomic E-state index is 13.0. The van der Waals surface area contributed by atoms with Crippen molar-refractivity contribution in [2.75, 3.05) is 38.3 Å². The van der Waals surface area contributed by atoms with Crippen LogP contribution in [-0.2, 0) is 4.74 Å². The molecular weight excluding hydrogens is 466 g/mol. The Bertz CT molecular complexity index is 1530. The number of anilines is 1. The molecule has 1 aromatic heterocycles. The molecule has 3 aromatic carbocycles. The molecule has 0 radical (unpaired) electrons.